The number of benzene rings is 1. The Morgan fingerprint density at radius 3 is 2.74 bits per heavy atom. The monoisotopic (exact) mass is 495 g/mol. The molecule has 35 heavy (non-hydrogen) atoms. The summed E-state index contributed by atoms with van der Waals surface area (Å²) in [6.45, 7) is 4.89. The second-order valence-corrected chi connectivity index (χ2v) is 9.87. The summed E-state index contributed by atoms with van der Waals surface area (Å²) in [4.78, 5) is 29.5. The van der Waals surface area contributed by atoms with E-state index in [1.54, 1.807) is 0 Å². The third-order valence-corrected chi connectivity index (χ3v) is 7.48. The van der Waals surface area contributed by atoms with Gasteiger partial charge in [0.2, 0.25) is 0 Å². The van der Waals surface area contributed by atoms with Crippen molar-refractivity contribution < 1.29 is 14.7 Å². The first kappa shape index (κ1) is 25.2. The van der Waals surface area contributed by atoms with Crippen LogP contribution in [0.3, 0.4) is 0 Å². The van der Waals surface area contributed by atoms with Crippen molar-refractivity contribution in [3.05, 3.63) is 64.1 Å². The van der Waals surface area contributed by atoms with Crippen LogP contribution in [0.1, 0.15) is 86.3 Å². The van der Waals surface area contributed by atoms with Crippen LogP contribution in [0.15, 0.2) is 47.3 Å². The van der Waals surface area contributed by atoms with Gasteiger partial charge in [-0.05, 0) is 61.6 Å². The maximum absolute atomic E-state index is 13.0. The van der Waals surface area contributed by atoms with Crippen LogP contribution in [0.2, 0.25) is 0 Å². The van der Waals surface area contributed by atoms with Crippen molar-refractivity contribution in [1.29, 1.82) is 0 Å². The molecule has 2 atom stereocenters. The molecule has 1 heterocycles. The molecule has 0 aliphatic heterocycles. The van der Waals surface area contributed by atoms with E-state index in [1.807, 2.05) is 31.3 Å². The van der Waals surface area contributed by atoms with Gasteiger partial charge in [0.1, 0.15) is 11.5 Å². The van der Waals surface area contributed by atoms with Gasteiger partial charge in [0, 0.05) is 18.3 Å². The molecule has 0 saturated heterocycles. The lowest BCUT2D eigenvalue weighted by Gasteiger charge is -2.19. The minimum Gasteiger partial charge on any atom is -0.481 e. The number of aliphatic carboxylic acids is 1. The molecule has 0 radical (unpaired) electrons. The van der Waals surface area contributed by atoms with E-state index < -0.39 is 5.97 Å². The molecular formula is C28H34ClN3O3. The summed E-state index contributed by atoms with van der Waals surface area (Å²) in [5.74, 6) is -0.535. The van der Waals surface area contributed by atoms with E-state index in [4.69, 9.17) is 16.6 Å². The normalized spacial score (nSPS) is 18.0. The summed E-state index contributed by atoms with van der Waals surface area (Å²) >= 11 is 6.26. The van der Waals surface area contributed by atoms with Crippen molar-refractivity contribution in [1.82, 2.24) is 14.9 Å². The predicted octanol–water partition coefficient (Wildman–Crippen LogP) is 6.41. The predicted molar refractivity (Wildman–Crippen MR) is 138 cm³/mol. The topological polar surface area (TPSA) is 84.2 Å². The number of amides is 1. The maximum atomic E-state index is 13.0. The van der Waals surface area contributed by atoms with Crippen LogP contribution in [-0.2, 0) is 17.8 Å². The molecule has 186 valence electrons. The summed E-state index contributed by atoms with van der Waals surface area (Å²) in [6, 6.07) is 6.22. The van der Waals surface area contributed by atoms with Crippen LogP contribution >= 0.6 is 11.6 Å². The van der Waals surface area contributed by atoms with Gasteiger partial charge in [0.15, 0.2) is 0 Å². The first-order chi connectivity index (χ1) is 16.9. The zero-order valence-electron chi connectivity index (χ0n) is 20.5. The average Bonchev–Trinajstić information content (AvgIpc) is 3.45. The molecule has 1 amide bonds. The van der Waals surface area contributed by atoms with Gasteiger partial charge in [0.05, 0.1) is 16.6 Å². The molecule has 1 aromatic heterocycles. The number of hydrogen-bond donors (Lipinski definition) is 2. The van der Waals surface area contributed by atoms with E-state index in [9.17, 15) is 14.7 Å². The summed E-state index contributed by atoms with van der Waals surface area (Å²) in [6.07, 6.45) is 13.0. The highest BCUT2D eigenvalue weighted by atomic mass is 35.5. The molecule has 0 spiro atoms. The Morgan fingerprint density at radius 2 is 2.03 bits per heavy atom. The number of imidazole rings is 1. The Balaban J connectivity index is 1.62. The molecule has 7 heteroatoms. The van der Waals surface area contributed by atoms with Gasteiger partial charge in [-0.2, -0.15) is 0 Å². The highest BCUT2D eigenvalue weighted by molar-refractivity contribution is 6.32. The quantitative estimate of drug-likeness (QED) is 0.373. The first-order valence-electron chi connectivity index (χ1n) is 12.7. The summed E-state index contributed by atoms with van der Waals surface area (Å²) in [7, 11) is 0. The average molecular weight is 496 g/mol. The number of hydrogen-bond acceptors (Lipinski definition) is 3. The Bertz CT molecular complexity index is 1160. The second-order valence-electron chi connectivity index (χ2n) is 9.46. The van der Waals surface area contributed by atoms with Crippen molar-refractivity contribution in [2.75, 3.05) is 0 Å². The Morgan fingerprint density at radius 1 is 1.23 bits per heavy atom. The number of carboxylic acids is 1. The van der Waals surface area contributed by atoms with Crippen molar-refractivity contribution in [2.45, 2.75) is 77.7 Å². The van der Waals surface area contributed by atoms with Crippen molar-refractivity contribution in [3.8, 4) is 11.4 Å². The SMILES string of the molecule is CCCCCn1cc(C(=O)NC2=CCCC=C2Cl)nc1-c1ccc2c(c1)CCC2C(CC)C(=O)O. The molecule has 1 aromatic carbocycles. The van der Waals surface area contributed by atoms with Gasteiger partial charge in [-0.15, -0.1) is 0 Å². The fourth-order valence-corrected chi connectivity index (χ4v) is 5.47. The summed E-state index contributed by atoms with van der Waals surface area (Å²) < 4.78 is 2.07. The van der Waals surface area contributed by atoms with Crippen LogP contribution in [0.4, 0.5) is 0 Å². The fraction of sp³-hybridized carbons (Fsp3) is 0.464. The molecule has 2 N–H and O–H groups in total. The Labute approximate surface area is 212 Å². The standard InChI is InChI=1S/C28H34ClN3O3/c1-3-5-8-15-32-17-25(27(33)31-24-10-7-6-9-23(24)29)30-26(32)19-12-13-21-18(16-19)11-14-22(21)20(4-2)28(34)35/h9-10,12-13,16-17,20,22H,3-8,11,14-15H2,1-2H3,(H,31,33)(H,34,35). The molecule has 6 nitrogen and oxygen atoms in total. The number of allylic oxidation sites excluding steroid dienone is 3. The molecule has 2 aromatic rings. The van der Waals surface area contributed by atoms with Gasteiger partial charge in [-0.1, -0.05) is 62.6 Å². The van der Waals surface area contributed by atoms with Crippen LogP contribution < -0.4 is 5.32 Å². The van der Waals surface area contributed by atoms with E-state index in [2.05, 4.69) is 28.9 Å². The molecule has 2 aliphatic rings. The smallest absolute Gasteiger partial charge is 0.307 e. The van der Waals surface area contributed by atoms with Crippen LogP contribution in [0, 0.1) is 5.92 Å². The highest BCUT2D eigenvalue weighted by Crippen LogP contribution is 2.41. The molecule has 4 rings (SSSR count). The molecule has 2 unspecified atom stereocenters. The van der Waals surface area contributed by atoms with E-state index in [0.29, 0.717) is 22.8 Å². The van der Waals surface area contributed by atoms with Gasteiger partial charge in [-0.25, -0.2) is 4.98 Å². The lowest BCUT2D eigenvalue weighted by atomic mass is 9.85. The third kappa shape index (κ3) is 5.53. The fourth-order valence-electron chi connectivity index (χ4n) is 5.24. The number of carboxylic acid groups (broad SMARTS) is 1. The number of nitrogens with one attached hydrogen (secondary N) is 1. The Kier molecular flexibility index (Phi) is 8.11. The minimum atomic E-state index is -0.723. The van der Waals surface area contributed by atoms with Crippen molar-refractivity contribution in [3.63, 3.8) is 0 Å². The molecule has 0 fully saturated rings. The van der Waals surface area contributed by atoms with E-state index in [-0.39, 0.29) is 17.7 Å². The number of carbonyl (C=O) groups is 2. The maximum Gasteiger partial charge on any atom is 0.307 e. The second kappa shape index (κ2) is 11.3. The molecular weight excluding hydrogens is 462 g/mol. The number of aromatic nitrogens is 2. The van der Waals surface area contributed by atoms with E-state index in [1.165, 1.54) is 5.56 Å². The lowest BCUT2D eigenvalue weighted by molar-refractivity contribution is -0.142. The number of carbonyl (C=O) groups excluding carboxylic acids is 1. The number of aryl methyl sites for hydroxylation is 2. The number of unbranched alkanes of at least 4 members (excludes halogenated alkanes) is 2. The highest BCUT2D eigenvalue weighted by Gasteiger charge is 2.33. The summed E-state index contributed by atoms with van der Waals surface area (Å²) in [5.41, 5.74) is 4.28. The van der Waals surface area contributed by atoms with Gasteiger partial charge >= 0.3 is 5.97 Å². The molecule has 2 aliphatic carbocycles. The minimum absolute atomic E-state index is 0.0498. The van der Waals surface area contributed by atoms with Crippen LogP contribution in [0.5, 0.6) is 0 Å². The van der Waals surface area contributed by atoms with Gasteiger partial charge in [0.25, 0.3) is 5.91 Å². The number of halogens is 1. The van der Waals surface area contributed by atoms with E-state index in [0.717, 1.165) is 68.4 Å². The molecule has 0 bridgehead atoms. The lowest BCUT2D eigenvalue weighted by Crippen LogP contribution is -2.24. The Hall–Kier alpha value is -2.86. The molecule has 0 saturated carbocycles. The number of rotatable bonds is 10. The van der Waals surface area contributed by atoms with Gasteiger partial charge < -0.3 is 15.0 Å². The third-order valence-electron chi connectivity index (χ3n) is 7.12. The van der Waals surface area contributed by atoms with E-state index >= 15 is 0 Å². The van der Waals surface area contributed by atoms with Crippen LogP contribution in [-0.4, -0.2) is 26.5 Å². The first-order valence-corrected chi connectivity index (χ1v) is 13.1. The number of nitrogens with zero attached hydrogens (tertiary/aromatic N) is 2. The zero-order chi connectivity index (χ0) is 24.9. The zero-order valence-corrected chi connectivity index (χ0v) is 21.3. The van der Waals surface area contributed by atoms with Crippen molar-refractivity contribution in [2.24, 2.45) is 5.92 Å². The van der Waals surface area contributed by atoms with Crippen LogP contribution in [0.25, 0.3) is 11.4 Å². The number of fused-ring (bicyclic) bond motifs is 1. The largest absolute Gasteiger partial charge is 0.481 e. The van der Waals surface area contributed by atoms with Crippen molar-refractivity contribution >= 4 is 23.5 Å². The summed E-state index contributed by atoms with van der Waals surface area (Å²) in [5, 5.41) is 13.1. The van der Waals surface area contributed by atoms with Gasteiger partial charge in [-0.3, -0.25) is 9.59 Å².